The topological polar surface area (TPSA) is 9.86 Å². The molecular weight excluding hydrogens is 661 g/mol. The lowest BCUT2D eigenvalue weighted by Crippen LogP contribution is -1.95. The molecular formula is C50H30N2S. The van der Waals surface area contributed by atoms with Crippen LogP contribution in [0.1, 0.15) is 0 Å². The molecule has 0 spiro atoms. The van der Waals surface area contributed by atoms with Gasteiger partial charge >= 0.3 is 0 Å². The minimum Gasteiger partial charge on any atom is -0.309 e. The number of para-hydroxylation sites is 2. The maximum Gasteiger partial charge on any atom is 0.0726 e. The van der Waals surface area contributed by atoms with Gasteiger partial charge < -0.3 is 9.13 Å². The lowest BCUT2D eigenvalue weighted by Gasteiger charge is -2.13. The summed E-state index contributed by atoms with van der Waals surface area (Å²) in [5, 5.41) is 12.7. The molecule has 3 aromatic heterocycles. The summed E-state index contributed by atoms with van der Waals surface area (Å²) in [4.78, 5) is 0. The average Bonchev–Trinajstić information content (AvgIpc) is 3.88. The fraction of sp³-hybridized carbons (Fsp3) is 0. The Hall–Kier alpha value is -6.68. The van der Waals surface area contributed by atoms with Gasteiger partial charge in [-0.25, -0.2) is 0 Å². The van der Waals surface area contributed by atoms with Gasteiger partial charge in [-0.3, -0.25) is 0 Å². The first-order valence-electron chi connectivity index (χ1n) is 18.2. The number of aromatic nitrogens is 2. The largest absolute Gasteiger partial charge is 0.309 e. The van der Waals surface area contributed by atoms with Gasteiger partial charge in [0.1, 0.15) is 0 Å². The predicted octanol–water partition coefficient (Wildman–Crippen LogP) is 14.2. The molecule has 53 heavy (non-hydrogen) atoms. The molecule has 12 aromatic rings. The predicted molar refractivity (Wildman–Crippen MR) is 228 cm³/mol. The number of nitrogens with zero attached hydrogens (tertiary/aromatic N) is 2. The minimum atomic E-state index is 1.18. The van der Waals surface area contributed by atoms with Crippen LogP contribution in [0.4, 0.5) is 0 Å². The summed E-state index contributed by atoms with van der Waals surface area (Å²) in [7, 11) is 0. The van der Waals surface area contributed by atoms with Crippen molar-refractivity contribution < 1.29 is 0 Å². The van der Waals surface area contributed by atoms with Gasteiger partial charge in [0, 0.05) is 48.1 Å². The molecule has 12 rings (SSSR count). The zero-order valence-corrected chi connectivity index (χ0v) is 29.4. The molecule has 0 aliphatic carbocycles. The summed E-state index contributed by atoms with van der Waals surface area (Å²) in [5.74, 6) is 0. The van der Waals surface area contributed by atoms with Crippen molar-refractivity contribution >= 4 is 96.7 Å². The van der Waals surface area contributed by atoms with E-state index in [1.807, 2.05) is 11.3 Å². The van der Waals surface area contributed by atoms with Gasteiger partial charge in [-0.1, -0.05) is 127 Å². The average molecular weight is 691 g/mol. The molecule has 0 saturated carbocycles. The molecule has 3 heteroatoms. The maximum absolute atomic E-state index is 2.54. The Morgan fingerprint density at radius 3 is 1.91 bits per heavy atom. The fourth-order valence-corrected chi connectivity index (χ4v) is 10.2. The van der Waals surface area contributed by atoms with E-state index < -0.39 is 0 Å². The van der Waals surface area contributed by atoms with E-state index in [4.69, 9.17) is 0 Å². The van der Waals surface area contributed by atoms with Crippen LogP contribution in [0.25, 0.3) is 108 Å². The maximum atomic E-state index is 2.54. The van der Waals surface area contributed by atoms with Gasteiger partial charge in [-0.05, 0) is 81.9 Å². The Morgan fingerprint density at radius 2 is 1.04 bits per heavy atom. The minimum absolute atomic E-state index is 1.18. The van der Waals surface area contributed by atoms with Crippen molar-refractivity contribution in [2.45, 2.75) is 0 Å². The highest BCUT2D eigenvalue weighted by Crippen LogP contribution is 2.48. The van der Waals surface area contributed by atoms with E-state index in [2.05, 4.69) is 191 Å². The van der Waals surface area contributed by atoms with Crippen LogP contribution >= 0.6 is 11.3 Å². The van der Waals surface area contributed by atoms with Gasteiger partial charge in [0.2, 0.25) is 0 Å². The summed E-state index contributed by atoms with van der Waals surface area (Å²) in [6.45, 7) is 0. The van der Waals surface area contributed by atoms with Crippen LogP contribution in [-0.2, 0) is 0 Å². The molecule has 9 aromatic carbocycles. The van der Waals surface area contributed by atoms with E-state index in [0.717, 1.165) is 0 Å². The van der Waals surface area contributed by atoms with Crippen LogP contribution in [0.2, 0.25) is 0 Å². The van der Waals surface area contributed by atoms with E-state index in [9.17, 15) is 0 Å². The van der Waals surface area contributed by atoms with Crippen LogP contribution in [-0.4, -0.2) is 9.13 Å². The second-order valence-electron chi connectivity index (χ2n) is 14.1. The molecule has 0 N–H and O–H groups in total. The van der Waals surface area contributed by atoms with E-state index in [1.165, 1.54) is 108 Å². The molecule has 0 unspecified atom stereocenters. The zero-order valence-electron chi connectivity index (χ0n) is 28.6. The molecule has 0 bridgehead atoms. The molecule has 0 fully saturated rings. The lowest BCUT2D eigenvalue weighted by atomic mass is 9.95. The smallest absolute Gasteiger partial charge is 0.0726 e. The quantitative estimate of drug-likeness (QED) is 0.175. The molecule has 0 saturated heterocycles. The van der Waals surface area contributed by atoms with E-state index >= 15 is 0 Å². The summed E-state index contributed by atoms with van der Waals surface area (Å²) >= 11 is 1.91. The van der Waals surface area contributed by atoms with Gasteiger partial charge in [-0.2, -0.15) is 0 Å². The Labute approximate surface area is 309 Å². The van der Waals surface area contributed by atoms with Gasteiger partial charge in [-0.15, -0.1) is 11.3 Å². The molecule has 0 atom stereocenters. The van der Waals surface area contributed by atoms with Crippen LogP contribution in [0.5, 0.6) is 0 Å². The highest BCUT2D eigenvalue weighted by Gasteiger charge is 2.23. The Balaban J connectivity index is 1.21. The number of benzene rings is 9. The highest BCUT2D eigenvalue weighted by atomic mass is 32.1. The first kappa shape index (κ1) is 29.0. The second-order valence-corrected chi connectivity index (χ2v) is 15.1. The second kappa shape index (κ2) is 10.9. The van der Waals surface area contributed by atoms with Crippen LogP contribution < -0.4 is 0 Å². The Morgan fingerprint density at radius 1 is 0.377 bits per heavy atom. The molecule has 0 aliphatic heterocycles. The number of thiophene rings is 1. The van der Waals surface area contributed by atoms with Crippen LogP contribution in [0, 0.1) is 0 Å². The Kier molecular flexibility index (Phi) is 5.96. The normalized spacial score (nSPS) is 12.2. The van der Waals surface area contributed by atoms with Crippen molar-refractivity contribution in [3.05, 3.63) is 182 Å². The van der Waals surface area contributed by atoms with Crippen molar-refractivity contribution in [3.8, 4) is 22.5 Å². The third-order valence-electron chi connectivity index (χ3n) is 11.3. The van der Waals surface area contributed by atoms with Gasteiger partial charge in [0.25, 0.3) is 0 Å². The molecule has 2 nitrogen and oxygen atoms in total. The number of rotatable bonds is 3. The standard InChI is InChI=1S/C50H30N2S/c1-2-14-33-28-35(26-24-31(33)12-1)51-44-20-8-5-17-37(44)41-29-34(25-27-46(41)51)40-30-42-38-18-7-10-23-47(38)53-50(42)49-48(40)39-19-6-9-21-45(39)52(49)43-22-11-15-32-13-3-4-16-36(32)43/h1-30H. The monoisotopic (exact) mass is 690 g/mol. The van der Waals surface area contributed by atoms with Crippen LogP contribution in [0.3, 0.4) is 0 Å². The summed E-state index contributed by atoms with van der Waals surface area (Å²) < 4.78 is 7.60. The fourth-order valence-electron chi connectivity index (χ4n) is 8.94. The number of fused-ring (bicyclic) bond motifs is 12. The number of hydrogen-bond donors (Lipinski definition) is 0. The van der Waals surface area contributed by atoms with Crippen molar-refractivity contribution in [1.82, 2.24) is 9.13 Å². The van der Waals surface area contributed by atoms with E-state index in [1.54, 1.807) is 0 Å². The summed E-state index contributed by atoms with van der Waals surface area (Å²) in [5.41, 5.74) is 9.79. The molecule has 3 heterocycles. The van der Waals surface area contributed by atoms with E-state index in [-0.39, 0.29) is 0 Å². The molecule has 0 aliphatic rings. The van der Waals surface area contributed by atoms with Gasteiger partial charge in [0.15, 0.2) is 0 Å². The van der Waals surface area contributed by atoms with Crippen molar-refractivity contribution in [2.24, 2.45) is 0 Å². The molecule has 246 valence electrons. The van der Waals surface area contributed by atoms with Crippen LogP contribution in [0.15, 0.2) is 182 Å². The molecule has 0 amide bonds. The van der Waals surface area contributed by atoms with E-state index in [0.29, 0.717) is 0 Å². The highest BCUT2D eigenvalue weighted by molar-refractivity contribution is 7.26. The van der Waals surface area contributed by atoms with Gasteiger partial charge in [0.05, 0.1) is 32.5 Å². The summed E-state index contributed by atoms with van der Waals surface area (Å²) in [6, 6.07) is 67.2. The lowest BCUT2D eigenvalue weighted by molar-refractivity contribution is 1.19. The summed E-state index contributed by atoms with van der Waals surface area (Å²) in [6.07, 6.45) is 0. The first-order valence-corrected chi connectivity index (χ1v) is 19.0. The zero-order chi connectivity index (χ0) is 34.6. The number of hydrogen-bond acceptors (Lipinski definition) is 1. The first-order chi connectivity index (χ1) is 26.3. The van der Waals surface area contributed by atoms with Crippen molar-refractivity contribution in [3.63, 3.8) is 0 Å². The third-order valence-corrected chi connectivity index (χ3v) is 12.5. The SMILES string of the molecule is c1ccc2cc(-n3c4ccccc4c4cc(-c5cc6c7ccccc7sc6c6c5c5ccccc5n6-c5cccc6ccccc56)ccc43)ccc2c1. The van der Waals surface area contributed by atoms with Crippen molar-refractivity contribution in [2.75, 3.05) is 0 Å². The van der Waals surface area contributed by atoms with Crippen molar-refractivity contribution in [1.29, 1.82) is 0 Å². The molecule has 0 radical (unpaired) electrons. The third kappa shape index (κ3) is 4.08. The Bertz CT molecular complexity index is 3460.